The van der Waals surface area contributed by atoms with Crippen molar-refractivity contribution in [3.05, 3.63) is 35.5 Å². The summed E-state index contributed by atoms with van der Waals surface area (Å²) >= 11 is 0. The topological polar surface area (TPSA) is 195 Å². The zero-order valence-electron chi connectivity index (χ0n) is 24.0. The fourth-order valence-corrected chi connectivity index (χ4v) is 6.81. The average molecular weight is 595 g/mol. The number of carbonyl (C=O) groups is 4. The number of ether oxygens (including phenoxy) is 5. The van der Waals surface area contributed by atoms with Gasteiger partial charge in [0.05, 0.1) is 13.7 Å². The van der Waals surface area contributed by atoms with Gasteiger partial charge in [-0.25, -0.2) is 9.59 Å². The first kappa shape index (κ1) is 31.8. The van der Waals surface area contributed by atoms with E-state index in [4.69, 9.17) is 23.7 Å². The molecule has 0 aromatic heterocycles. The van der Waals surface area contributed by atoms with Crippen LogP contribution in [-0.4, -0.2) is 99.9 Å². The number of carbonyl (C=O) groups excluding carboxylic acids is 4. The number of aliphatic hydroxyl groups is 4. The second-order valence-corrected chi connectivity index (χ2v) is 11.5. The van der Waals surface area contributed by atoms with Gasteiger partial charge in [-0.15, -0.1) is 0 Å². The summed E-state index contributed by atoms with van der Waals surface area (Å²) in [6, 6.07) is 0. The Morgan fingerprint density at radius 1 is 1.12 bits per heavy atom. The Labute approximate surface area is 242 Å². The third kappa shape index (κ3) is 5.28. The molecule has 4 N–H and O–H groups in total. The molecule has 9 atom stereocenters. The molecule has 0 amide bonds. The highest BCUT2D eigenvalue weighted by Crippen LogP contribution is 2.65. The number of esters is 4. The first-order valence-corrected chi connectivity index (χ1v) is 13.8. The highest BCUT2D eigenvalue weighted by atomic mass is 16.7. The van der Waals surface area contributed by atoms with Crippen molar-refractivity contribution in [3.8, 4) is 0 Å². The lowest BCUT2D eigenvalue weighted by molar-refractivity contribution is -0.291. The van der Waals surface area contributed by atoms with Crippen LogP contribution in [0.5, 0.6) is 0 Å². The molecule has 2 heterocycles. The van der Waals surface area contributed by atoms with Gasteiger partial charge < -0.3 is 44.1 Å². The van der Waals surface area contributed by atoms with E-state index in [9.17, 15) is 39.6 Å². The Hall–Kier alpha value is -3.10. The molecule has 13 heteroatoms. The maximum atomic E-state index is 13.7. The van der Waals surface area contributed by atoms with E-state index in [0.29, 0.717) is 18.4 Å². The van der Waals surface area contributed by atoms with Gasteiger partial charge >= 0.3 is 23.9 Å². The lowest BCUT2D eigenvalue weighted by Gasteiger charge is -2.54. The van der Waals surface area contributed by atoms with Crippen LogP contribution in [0.25, 0.3) is 0 Å². The first-order valence-electron chi connectivity index (χ1n) is 13.8. The highest BCUT2D eigenvalue weighted by molar-refractivity contribution is 5.90. The van der Waals surface area contributed by atoms with Crippen molar-refractivity contribution in [1.29, 1.82) is 0 Å². The van der Waals surface area contributed by atoms with Crippen LogP contribution in [0.3, 0.4) is 0 Å². The molecular weight excluding hydrogens is 556 g/mol. The normalized spacial score (nSPS) is 40.0. The summed E-state index contributed by atoms with van der Waals surface area (Å²) in [4.78, 5) is 51.1. The van der Waals surface area contributed by atoms with Crippen molar-refractivity contribution in [3.63, 3.8) is 0 Å². The lowest BCUT2D eigenvalue weighted by atomic mass is 9.62. The van der Waals surface area contributed by atoms with Crippen LogP contribution in [0, 0.1) is 11.3 Å². The SMILES string of the molecule is COC(=O)C1=CC[C@@]23CC[C@@H]([C@@](C)(/C=C/C=C(\C)C(=O)O[C@@H]4O[C@H](CO)[C@H](O)[C@H](O)[C@H]4O)OC2=O)[C@@]3(OC(C)=O)CC1. The first-order chi connectivity index (χ1) is 19.7. The van der Waals surface area contributed by atoms with Crippen LogP contribution in [0.4, 0.5) is 0 Å². The molecule has 13 nitrogen and oxygen atoms in total. The monoisotopic (exact) mass is 594 g/mol. The predicted octanol–water partition coefficient (Wildman–Crippen LogP) is 0.129. The van der Waals surface area contributed by atoms with Crippen molar-refractivity contribution in [2.45, 2.75) is 94.8 Å². The molecule has 4 rings (SSSR count). The Kier molecular flexibility index (Phi) is 9.00. The summed E-state index contributed by atoms with van der Waals surface area (Å²) in [5, 5.41) is 39.3. The van der Waals surface area contributed by atoms with Crippen LogP contribution in [0.2, 0.25) is 0 Å². The molecule has 0 unspecified atom stereocenters. The molecule has 232 valence electrons. The minimum atomic E-state index is -1.75. The van der Waals surface area contributed by atoms with Gasteiger partial charge in [-0.2, -0.15) is 0 Å². The minimum Gasteiger partial charge on any atom is -0.466 e. The predicted molar refractivity (Wildman–Crippen MR) is 141 cm³/mol. The van der Waals surface area contributed by atoms with E-state index in [0.717, 1.165) is 0 Å². The summed E-state index contributed by atoms with van der Waals surface area (Å²) in [5.74, 6) is -2.97. The molecule has 2 bridgehead atoms. The number of aliphatic hydroxyl groups excluding tert-OH is 4. The van der Waals surface area contributed by atoms with Crippen LogP contribution < -0.4 is 0 Å². The highest BCUT2D eigenvalue weighted by Gasteiger charge is 2.74. The maximum absolute atomic E-state index is 13.7. The minimum absolute atomic E-state index is 0.0609. The van der Waals surface area contributed by atoms with Gasteiger partial charge in [0.2, 0.25) is 6.29 Å². The van der Waals surface area contributed by atoms with Gasteiger partial charge in [0.15, 0.2) is 0 Å². The fourth-order valence-electron chi connectivity index (χ4n) is 6.81. The van der Waals surface area contributed by atoms with E-state index in [1.807, 2.05) is 0 Å². The largest absolute Gasteiger partial charge is 0.466 e. The van der Waals surface area contributed by atoms with Crippen molar-refractivity contribution in [1.82, 2.24) is 0 Å². The van der Waals surface area contributed by atoms with Gasteiger partial charge in [0.25, 0.3) is 0 Å². The number of cyclic esters (lactones) is 1. The van der Waals surface area contributed by atoms with Gasteiger partial charge in [0.1, 0.15) is 41.0 Å². The van der Waals surface area contributed by atoms with Crippen LogP contribution in [0.1, 0.15) is 52.9 Å². The molecule has 1 saturated carbocycles. The fraction of sp³-hybridized carbons (Fsp3) is 0.655. The number of hydrogen-bond acceptors (Lipinski definition) is 13. The second kappa shape index (κ2) is 11.9. The Morgan fingerprint density at radius 3 is 2.48 bits per heavy atom. The molecule has 2 saturated heterocycles. The average Bonchev–Trinajstić information content (AvgIpc) is 3.09. The smallest absolute Gasteiger partial charge is 0.336 e. The molecule has 42 heavy (non-hydrogen) atoms. The summed E-state index contributed by atoms with van der Waals surface area (Å²) in [6.45, 7) is 3.73. The van der Waals surface area contributed by atoms with Crippen molar-refractivity contribution in [2.24, 2.45) is 11.3 Å². The molecule has 3 fully saturated rings. The quantitative estimate of drug-likeness (QED) is 0.135. The van der Waals surface area contributed by atoms with E-state index in [1.54, 1.807) is 19.1 Å². The van der Waals surface area contributed by atoms with Gasteiger partial charge in [-0.1, -0.05) is 18.2 Å². The Balaban J connectivity index is 1.56. The summed E-state index contributed by atoms with van der Waals surface area (Å²) in [5.41, 5.74) is -3.17. The number of rotatable bonds is 7. The molecular formula is C29H38O13. The van der Waals surface area contributed by atoms with Gasteiger partial charge in [-0.3, -0.25) is 9.59 Å². The lowest BCUT2D eigenvalue weighted by Crippen LogP contribution is -2.65. The zero-order valence-corrected chi connectivity index (χ0v) is 24.0. The molecule has 0 radical (unpaired) electrons. The van der Waals surface area contributed by atoms with E-state index < -0.39 is 83.7 Å². The van der Waals surface area contributed by atoms with Crippen LogP contribution in [-0.2, 0) is 42.9 Å². The standard InChI is InChI=1S/C29H38O13/c1-15(23(35)40-25-22(34)21(33)20(32)18(14-30)39-25)6-5-10-27(3)19-9-12-28(26(37)42-27)11-7-17(24(36)38-4)8-13-29(19,28)41-16(2)31/h5-7,10,18-22,25,30,32-34H,8-9,11-14H2,1-4H3/b10-5+,15-6+/t18-,19+,20+,21+,22-,25+,27-,28-,29+/m1/s1. The summed E-state index contributed by atoms with van der Waals surface area (Å²) < 4.78 is 27.3. The van der Waals surface area contributed by atoms with E-state index in [-0.39, 0.29) is 24.8 Å². The molecule has 0 spiro atoms. The molecule has 2 aliphatic heterocycles. The van der Waals surface area contributed by atoms with E-state index in [1.165, 1.54) is 33.1 Å². The van der Waals surface area contributed by atoms with Gasteiger partial charge in [-0.05, 0) is 52.0 Å². The van der Waals surface area contributed by atoms with Crippen molar-refractivity contribution in [2.75, 3.05) is 13.7 Å². The zero-order chi connectivity index (χ0) is 31.0. The van der Waals surface area contributed by atoms with Crippen molar-refractivity contribution >= 4 is 23.9 Å². The van der Waals surface area contributed by atoms with Gasteiger partial charge in [0, 0.05) is 24.0 Å². The maximum Gasteiger partial charge on any atom is 0.336 e. The van der Waals surface area contributed by atoms with E-state index >= 15 is 0 Å². The Bertz CT molecular complexity index is 1200. The second-order valence-electron chi connectivity index (χ2n) is 11.5. The van der Waals surface area contributed by atoms with Crippen molar-refractivity contribution < 1.29 is 63.3 Å². The molecule has 0 aromatic carbocycles. The number of allylic oxidation sites excluding steroid dienone is 3. The number of hydrogen-bond donors (Lipinski definition) is 4. The summed E-state index contributed by atoms with van der Waals surface area (Å²) in [7, 11) is 1.28. The number of methoxy groups -OCH3 is 1. The molecule has 4 aliphatic rings. The Morgan fingerprint density at radius 2 is 1.83 bits per heavy atom. The molecule has 2 aliphatic carbocycles. The third-order valence-electron chi connectivity index (χ3n) is 9.03. The summed E-state index contributed by atoms with van der Waals surface area (Å²) in [6.07, 6.45) is -0.247. The third-order valence-corrected chi connectivity index (χ3v) is 9.03. The van der Waals surface area contributed by atoms with Crippen LogP contribution in [0.15, 0.2) is 35.5 Å². The van der Waals surface area contributed by atoms with E-state index in [2.05, 4.69) is 0 Å². The molecule has 0 aromatic rings. The van der Waals surface area contributed by atoms with Crippen LogP contribution >= 0.6 is 0 Å².